The molecule has 0 aliphatic heterocycles. The molecule has 7 nitrogen and oxygen atoms in total. The number of aromatic nitrogens is 4. The molecule has 0 atom stereocenters. The van der Waals surface area contributed by atoms with E-state index in [1.807, 2.05) is 19.3 Å². The van der Waals surface area contributed by atoms with Crippen molar-refractivity contribution in [3.63, 3.8) is 0 Å². The average Bonchev–Trinajstić information content (AvgIpc) is 2.84. The van der Waals surface area contributed by atoms with Crippen LogP contribution in [0.25, 0.3) is 0 Å². The summed E-state index contributed by atoms with van der Waals surface area (Å²) in [5.41, 5.74) is 1.25. The highest BCUT2D eigenvalue weighted by atomic mass is 16.1. The number of aryl methyl sites for hydroxylation is 1. The van der Waals surface area contributed by atoms with E-state index in [9.17, 15) is 4.79 Å². The Morgan fingerprint density at radius 1 is 1.32 bits per heavy atom. The van der Waals surface area contributed by atoms with Crippen molar-refractivity contribution in [3.8, 4) is 0 Å². The van der Waals surface area contributed by atoms with E-state index in [-0.39, 0.29) is 5.91 Å². The zero-order valence-corrected chi connectivity index (χ0v) is 10.9. The first-order valence-corrected chi connectivity index (χ1v) is 5.97. The van der Waals surface area contributed by atoms with Crippen molar-refractivity contribution in [3.05, 3.63) is 35.8 Å². The molecule has 0 radical (unpaired) electrons. The number of hydrogen-bond acceptors (Lipinski definition) is 5. The van der Waals surface area contributed by atoms with Crippen LogP contribution in [-0.4, -0.2) is 39.5 Å². The third-order valence-electron chi connectivity index (χ3n) is 2.59. The lowest BCUT2D eigenvalue weighted by molar-refractivity contribution is 0.0948. The predicted octanol–water partition coefficient (Wildman–Crippen LogP) is 0.224. The third kappa shape index (κ3) is 3.51. The average molecular weight is 260 g/mol. The van der Waals surface area contributed by atoms with Crippen molar-refractivity contribution >= 4 is 11.7 Å². The van der Waals surface area contributed by atoms with Crippen LogP contribution in [0.2, 0.25) is 0 Å². The van der Waals surface area contributed by atoms with Gasteiger partial charge in [-0.1, -0.05) is 0 Å². The van der Waals surface area contributed by atoms with Gasteiger partial charge in [-0.3, -0.25) is 9.48 Å². The Hall–Kier alpha value is -2.44. The van der Waals surface area contributed by atoms with Crippen molar-refractivity contribution in [2.45, 2.75) is 6.42 Å². The predicted molar refractivity (Wildman–Crippen MR) is 70.8 cm³/mol. The lowest BCUT2D eigenvalue weighted by Gasteiger charge is -2.03. The second kappa shape index (κ2) is 5.94. The zero-order valence-electron chi connectivity index (χ0n) is 10.9. The maximum atomic E-state index is 11.8. The van der Waals surface area contributed by atoms with Crippen LogP contribution < -0.4 is 10.6 Å². The molecule has 2 heterocycles. The molecule has 2 aromatic heterocycles. The number of nitrogens with one attached hydrogen (secondary N) is 2. The second-order valence-corrected chi connectivity index (χ2v) is 4.04. The Kier molecular flexibility index (Phi) is 4.07. The fourth-order valence-corrected chi connectivity index (χ4v) is 1.58. The van der Waals surface area contributed by atoms with Crippen LogP contribution in [0.3, 0.4) is 0 Å². The zero-order chi connectivity index (χ0) is 13.7. The van der Waals surface area contributed by atoms with Gasteiger partial charge in [-0.2, -0.15) is 5.10 Å². The third-order valence-corrected chi connectivity index (χ3v) is 2.59. The van der Waals surface area contributed by atoms with E-state index in [2.05, 4.69) is 25.9 Å². The highest BCUT2D eigenvalue weighted by Crippen LogP contribution is 2.00. The fourth-order valence-electron chi connectivity index (χ4n) is 1.58. The van der Waals surface area contributed by atoms with E-state index < -0.39 is 0 Å². The van der Waals surface area contributed by atoms with E-state index in [1.54, 1.807) is 23.9 Å². The molecule has 0 saturated heterocycles. The van der Waals surface area contributed by atoms with Crippen molar-refractivity contribution < 1.29 is 4.79 Å². The summed E-state index contributed by atoms with van der Waals surface area (Å²) in [7, 11) is 3.61. The van der Waals surface area contributed by atoms with E-state index >= 15 is 0 Å². The van der Waals surface area contributed by atoms with Gasteiger partial charge in [-0.05, 0) is 18.2 Å². The Bertz CT molecular complexity index is 548. The first-order valence-electron chi connectivity index (χ1n) is 5.97. The van der Waals surface area contributed by atoms with Crippen LogP contribution in [0, 0.1) is 0 Å². The van der Waals surface area contributed by atoms with E-state index in [0.717, 1.165) is 5.69 Å². The summed E-state index contributed by atoms with van der Waals surface area (Å²) in [5.74, 6) is 0.399. The van der Waals surface area contributed by atoms with Gasteiger partial charge in [-0.25, -0.2) is 0 Å². The van der Waals surface area contributed by atoms with Crippen LogP contribution >= 0.6 is 0 Å². The molecule has 19 heavy (non-hydrogen) atoms. The molecular formula is C12H16N6O. The Morgan fingerprint density at radius 3 is 2.74 bits per heavy atom. The number of rotatable bonds is 5. The molecule has 2 N–H and O–H groups in total. The van der Waals surface area contributed by atoms with Crippen LogP contribution in [0.15, 0.2) is 24.4 Å². The molecule has 0 aliphatic carbocycles. The number of carbonyl (C=O) groups excluding carboxylic acids is 1. The topological polar surface area (TPSA) is 84.7 Å². The summed E-state index contributed by atoms with van der Waals surface area (Å²) in [5, 5.41) is 17.5. The molecule has 0 bridgehead atoms. The molecule has 0 aliphatic rings. The molecule has 2 aromatic rings. The van der Waals surface area contributed by atoms with Crippen molar-refractivity contribution in [1.82, 2.24) is 25.3 Å². The van der Waals surface area contributed by atoms with Crippen LogP contribution in [0.5, 0.6) is 0 Å². The van der Waals surface area contributed by atoms with Gasteiger partial charge in [-0.15, -0.1) is 10.2 Å². The summed E-state index contributed by atoms with van der Waals surface area (Å²) in [6, 6.07) is 5.27. The van der Waals surface area contributed by atoms with Gasteiger partial charge >= 0.3 is 0 Å². The summed E-state index contributed by atoms with van der Waals surface area (Å²) in [6.07, 6.45) is 2.56. The first-order chi connectivity index (χ1) is 9.19. The summed E-state index contributed by atoms with van der Waals surface area (Å²) in [6.45, 7) is 0.519. The molecule has 2 rings (SSSR count). The van der Waals surface area contributed by atoms with Gasteiger partial charge < -0.3 is 10.6 Å². The van der Waals surface area contributed by atoms with E-state index in [4.69, 9.17) is 0 Å². The SMILES string of the molecule is CNc1ccc(C(=O)NCCc2ccn(C)n2)nn1. The number of hydrogen-bond donors (Lipinski definition) is 2. The second-order valence-electron chi connectivity index (χ2n) is 4.04. The Labute approximate surface area is 111 Å². The van der Waals surface area contributed by atoms with Gasteiger partial charge in [0.15, 0.2) is 5.69 Å². The lowest BCUT2D eigenvalue weighted by atomic mass is 10.3. The molecule has 100 valence electrons. The summed E-state index contributed by atoms with van der Waals surface area (Å²) >= 11 is 0. The normalized spacial score (nSPS) is 10.2. The quantitative estimate of drug-likeness (QED) is 0.803. The van der Waals surface area contributed by atoms with Gasteiger partial charge in [0.1, 0.15) is 5.82 Å². The summed E-state index contributed by atoms with van der Waals surface area (Å²) < 4.78 is 1.74. The Morgan fingerprint density at radius 2 is 2.16 bits per heavy atom. The van der Waals surface area contributed by atoms with Gasteiger partial charge in [0.25, 0.3) is 5.91 Å². The largest absolute Gasteiger partial charge is 0.372 e. The number of anilines is 1. The molecule has 0 saturated carbocycles. The van der Waals surface area contributed by atoms with E-state index in [1.165, 1.54) is 0 Å². The number of nitrogens with zero attached hydrogens (tertiary/aromatic N) is 4. The smallest absolute Gasteiger partial charge is 0.271 e. The molecule has 1 amide bonds. The summed E-state index contributed by atoms with van der Waals surface area (Å²) in [4.78, 5) is 11.8. The highest BCUT2D eigenvalue weighted by molar-refractivity contribution is 5.92. The molecular weight excluding hydrogens is 244 g/mol. The molecule has 7 heteroatoms. The monoisotopic (exact) mass is 260 g/mol. The first kappa shape index (κ1) is 13.0. The van der Waals surface area contributed by atoms with Gasteiger partial charge in [0.2, 0.25) is 0 Å². The van der Waals surface area contributed by atoms with Crippen molar-refractivity contribution in [2.24, 2.45) is 7.05 Å². The van der Waals surface area contributed by atoms with Crippen LogP contribution in [0.4, 0.5) is 5.82 Å². The fraction of sp³-hybridized carbons (Fsp3) is 0.333. The minimum atomic E-state index is -0.230. The molecule has 0 unspecified atom stereocenters. The molecule has 0 fully saturated rings. The minimum absolute atomic E-state index is 0.230. The van der Waals surface area contributed by atoms with Crippen LogP contribution in [-0.2, 0) is 13.5 Å². The van der Waals surface area contributed by atoms with Gasteiger partial charge in [0.05, 0.1) is 5.69 Å². The minimum Gasteiger partial charge on any atom is -0.372 e. The maximum Gasteiger partial charge on any atom is 0.271 e. The van der Waals surface area contributed by atoms with Crippen molar-refractivity contribution in [2.75, 3.05) is 18.9 Å². The highest BCUT2D eigenvalue weighted by Gasteiger charge is 2.07. The standard InChI is InChI=1S/C12H16N6O/c1-13-11-4-3-10(15-16-11)12(19)14-7-5-9-6-8-18(2)17-9/h3-4,6,8H,5,7H2,1-2H3,(H,13,16)(H,14,19). The maximum absolute atomic E-state index is 11.8. The Balaban J connectivity index is 1.83. The van der Waals surface area contributed by atoms with Crippen LogP contribution in [0.1, 0.15) is 16.2 Å². The molecule has 0 spiro atoms. The van der Waals surface area contributed by atoms with Gasteiger partial charge in [0, 0.05) is 33.3 Å². The van der Waals surface area contributed by atoms with E-state index in [0.29, 0.717) is 24.5 Å². The lowest BCUT2D eigenvalue weighted by Crippen LogP contribution is -2.27. The van der Waals surface area contributed by atoms with Crippen molar-refractivity contribution in [1.29, 1.82) is 0 Å². The molecule has 0 aromatic carbocycles. The number of amides is 1. The number of carbonyl (C=O) groups is 1.